The molecule has 2 atom stereocenters. The Hall–Kier alpha value is 1.51. The van der Waals surface area contributed by atoms with Gasteiger partial charge in [-0.15, -0.1) is 0 Å². The largest absolute Gasteiger partial charge is 1.00 e. The molecule has 0 aromatic rings. The Morgan fingerprint density at radius 3 is 1.54 bits per heavy atom. The third-order valence-electron chi connectivity index (χ3n) is 5.07. The van der Waals surface area contributed by atoms with Gasteiger partial charge in [-0.1, -0.05) is 90.9 Å². The second kappa shape index (κ2) is 19.8. The first-order valence-corrected chi connectivity index (χ1v) is 12.0. The van der Waals surface area contributed by atoms with Crippen molar-refractivity contribution in [2.24, 2.45) is 0 Å². The van der Waals surface area contributed by atoms with Crippen molar-refractivity contribution in [3.05, 3.63) is 0 Å². The van der Waals surface area contributed by atoms with Crippen molar-refractivity contribution < 1.29 is 69.5 Å². The van der Waals surface area contributed by atoms with E-state index in [-0.39, 0.29) is 57.5 Å². The van der Waals surface area contributed by atoms with Crippen LogP contribution in [0.2, 0.25) is 0 Å². The van der Waals surface area contributed by atoms with E-state index in [1.54, 1.807) is 6.92 Å². The van der Waals surface area contributed by atoms with E-state index in [2.05, 4.69) is 6.92 Å². The molecule has 26 heavy (non-hydrogen) atoms. The smallest absolute Gasteiger partial charge is 0.748 e. The molecule has 1 N–H and O–H groups in total. The average molecular weight is 417 g/mol. The second-order valence-electron chi connectivity index (χ2n) is 7.43. The predicted octanol–water partition coefficient (Wildman–Crippen LogP) is 2.55. The van der Waals surface area contributed by atoms with Gasteiger partial charge in [0.25, 0.3) is 0 Å². The first kappa shape index (κ1) is 29.7. The standard InChI is InChI=1S/C20H42O4S.K/c1-3-5-6-7-8-9-10-11-13-16-19(21)17-14-12-15-18-20(4-2)25(22,23)24;/h19-21H,3-18H2,1-2H3,(H,22,23,24);/q;+1/p-1. The summed E-state index contributed by atoms with van der Waals surface area (Å²) in [7, 11) is -4.14. The average Bonchev–Trinajstić information content (AvgIpc) is 2.55. The van der Waals surface area contributed by atoms with Gasteiger partial charge in [0.2, 0.25) is 0 Å². The summed E-state index contributed by atoms with van der Waals surface area (Å²) in [6.07, 6.45) is 16.5. The first-order valence-electron chi connectivity index (χ1n) is 10.5. The summed E-state index contributed by atoms with van der Waals surface area (Å²) in [6.45, 7) is 3.99. The molecule has 0 aliphatic rings. The van der Waals surface area contributed by atoms with Crippen LogP contribution in [-0.4, -0.2) is 29.4 Å². The first-order chi connectivity index (χ1) is 11.9. The minimum atomic E-state index is -4.14. The zero-order valence-electron chi connectivity index (χ0n) is 17.5. The Morgan fingerprint density at radius 2 is 1.12 bits per heavy atom. The van der Waals surface area contributed by atoms with Gasteiger partial charge in [0.1, 0.15) is 0 Å². The maximum atomic E-state index is 11.0. The molecule has 0 amide bonds. The maximum absolute atomic E-state index is 11.0. The SMILES string of the molecule is CCCCCCCCCCCC(O)CCCCCC(CC)S(=O)(=O)[O-].[K+]. The minimum absolute atomic E-state index is 0. The summed E-state index contributed by atoms with van der Waals surface area (Å²) in [6, 6.07) is 0. The molecule has 0 saturated carbocycles. The quantitative estimate of drug-likeness (QED) is 0.212. The predicted molar refractivity (Wildman–Crippen MR) is 105 cm³/mol. The molecule has 0 aliphatic carbocycles. The van der Waals surface area contributed by atoms with E-state index < -0.39 is 15.4 Å². The fourth-order valence-electron chi connectivity index (χ4n) is 3.32. The Kier molecular flexibility index (Phi) is 22.6. The third kappa shape index (κ3) is 18.9. The molecule has 0 aromatic carbocycles. The van der Waals surface area contributed by atoms with Gasteiger partial charge in [-0.3, -0.25) is 0 Å². The number of hydrogen-bond acceptors (Lipinski definition) is 4. The zero-order valence-corrected chi connectivity index (χ0v) is 21.5. The van der Waals surface area contributed by atoms with E-state index in [0.29, 0.717) is 12.8 Å². The van der Waals surface area contributed by atoms with Crippen LogP contribution >= 0.6 is 0 Å². The fourth-order valence-corrected chi connectivity index (χ4v) is 4.18. The van der Waals surface area contributed by atoms with Gasteiger partial charge in [-0.25, -0.2) is 8.42 Å². The van der Waals surface area contributed by atoms with Crippen LogP contribution < -0.4 is 51.4 Å². The van der Waals surface area contributed by atoms with Crippen LogP contribution in [0.25, 0.3) is 0 Å². The van der Waals surface area contributed by atoms with Crippen molar-refractivity contribution >= 4 is 10.1 Å². The molecule has 0 saturated heterocycles. The van der Waals surface area contributed by atoms with Crippen LogP contribution in [0.3, 0.4) is 0 Å². The monoisotopic (exact) mass is 416 g/mol. The van der Waals surface area contributed by atoms with Crippen molar-refractivity contribution in [3.8, 4) is 0 Å². The maximum Gasteiger partial charge on any atom is 1.00 e. The van der Waals surface area contributed by atoms with Gasteiger partial charge in [0.05, 0.1) is 16.2 Å². The van der Waals surface area contributed by atoms with E-state index in [4.69, 9.17) is 0 Å². The van der Waals surface area contributed by atoms with E-state index in [0.717, 1.165) is 38.5 Å². The van der Waals surface area contributed by atoms with Crippen molar-refractivity contribution in [3.63, 3.8) is 0 Å². The van der Waals surface area contributed by atoms with Crippen LogP contribution in [0.5, 0.6) is 0 Å². The number of rotatable bonds is 18. The van der Waals surface area contributed by atoms with Gasteiger partial charge in [-0.2, -0.15) is 0 Å². The fraction of sp³-hybridized carbons (Fsp3) is 1.00. The van der Waals surface area contributed by atoms with Crippen molar-refractivity contribution in [2.75, 3.05) is 0 Å². The molecule has 0 radical (unpaired) electrons. The Balaban J connectivity index is 0. The van der Waals surface area contributed by atoms with E-state index in [1.807, 2.05) is 0 Å². The summed E-state index contributed by atoms with van der Waals surface area (Å²) in [5.74, 6) is 0. The summed E-state index contributed by atoms with van der Waals surface area (Å²) in [5, 5.41) is 9.25. The zero-order chi connectivity index (χ0) is 19.0. The topological polar surface area (TPSA) is 77.4 Å². The summed E-state index contributed by atoms with van der Waals surface area (Å²) < 4.78 is 33.0. The molecule has 0 rings (SSSR count). The van der Waals surface area contributed by atoms with E-state index >= 15 is 0 Å². The van der Waals surface area contributed by atoms with Crippen molar-refractivity contribution in [1.82, 2.24) is 0 Å². The van der Waals surface area contributed by atoms with Gasteiger partial charge >= 0.3 is 51.4 Å². The molecular weight excluding hydrogens is 375 g/mol. The van der Waals surface area contributed by atoms with Crippen molar-refractivity contribution in [1.29, 1.82) is 0 Å². The third-order valence-corrected chi connectivity index (χ3v) is 6.45. The molecule has 0 heterocycles. The molecule has 152 valence electrons. The Bertz CT molecular complexity index is 387. The number of unbranched alkanes of at least 4 members (excludes halogenated alkanes) is 10. The molecule has 0 spiro atoms. The van der Waals surface area contributed by atoms with Crippen LogP contribution in [0.4, 0.5) is 0 Å². The second-order valence-corrected chi connectivity index (χ2v) is 9.08. The van der Waals surface area contributed by atoms with Crippen LogP contribution in [0, 0.1) is 0 Å². The number of hydrogen-bond donors (Lipinski definition) is 1. The van der Waals surface area contributed by atoms with E-state index in [1.165, 1.54) is 51.4 Å². The molecule has 6 heteroatoms. The molecule has 4 nitrogen and oxygen atoms in total. The van der Waals surface area contributed by atoms with Gasteiger partial charge in [0.15, 0.2) is 0 Å². The van der Waals surface area contributed by atoms with Gasteiger partial charge < -0.3 is 9.66 Å². The molecule has 0 fully saturated rings. The molecule has 0 aliphatic heterocycles. The normalized spacial score (nSPS) is 14.0. The minimum Gasteiger partial charge on any atom is -0.748 e. The summed E-state index contributed by atoms with van der Waals surface area (Å²) in [4.78, 5) is 0. The molecule has 2 unspecified atom stereocenters. The Morgan fingerprint density at radius 1 is 0.731 bits per heavy atom. The van der Waals surface area contributed by atoms with Crippen LogP contribution in [-0.2, 0) is 10.1 Å². The van der Waals surface area contributed by atoms with Crippen LogP contribution in [0.1, 0.15) is 117 Å². The van der Waals surface area contributed by atoms with Crippen molar-refractivity contribution in [2.45, 2.75) is 128 Å². The number of aliphatic hydroxyl groups excluding tert-OH is 1. The molecule has 0 aromatic heterocycles. The molecule has 0 bridgehead atoms. The van der Waals surface area contributed by atoms with Gasteiger partial charge in [-0.05, 0) is 25.7 Å². The van der Waals surface area contributed by atoms with Crippen LogP contribution in [0.15, 0.2) is 0 Å². The summed E-state index contributed by atoms with van der Waals surface area (Å²) >= 11 is 0. The van der Waals surface area contributed by atoms with E-state index in [9.17, 15) is 18.1 Å². The summed E-state index contributed by atoms with van der Waals surface area (Å²) in [5.41, 5.74) is 0. The Labute approximate surface area is 205 Å². The molecular formula is C20H41KO4S. The van der Waals surface area contributed by atoms with Gasteiger partial charge in [0, 0.05) is 5.25 Å². The number of aliphatic hydroxyl groups is 1.